The van der Waals surface area contributed by atoms with E-state index in [4.69, 9.17) is 0 Å². The maximum absolute atomic E-state index is 11.5. The van der Waals surface area contributed by atoms with Crippen LogP contribution in [-0.4, -0.2) is 31.0 Å². The van der Waals surface area contributed by atoms with Crippen LogP contribution in [0.15, 0.2) is 12.1 Å². The number of hydrogen-bond acceptors (Lipinski definition) is 5. The average molecular weight is 243 g/mol. The van der Waals surface area contributed by atoms with Crippen LogP contribution >= 0.6 is 11.3 Å². The summed E-state index contributed by atoms with van der Waals surface area (Å²) < 4.78 is 0. The van der Waals surface area contributed by atoms with E-state index in [0.29, 0.717) is 11.4 Å². The molecule has 88 valence electrons. The predicted octanol–water partition coefficient (Wildman–Crippen LogP) is 0.996. The minimum absolute atomic E-state index is 0.0135. The Hall–Kier alpha value is -1.47. The summed E-state index contributed by atoms with van der Waals surface area (Å²) in [6.07, 6.45) is 0.829. The van der Waals surface area contributed by atoms with Gasteiger partial charge in [-0.05, 0) is 26.1 Å². The van der Waals surface area contributed by atoms with Crippen molar-refractivity contribution in [2.24, 2.45) is 0 Å². The van der Waals surface area contributed by atoms with Crippen molar-refractivity contribution < 1.29 is 9.72 Å². The van der Waals surface area contributed by atoms with E-state index in [-0.39, 0.29) is 10.9 Å². The normalized spacial score (nSPS) is 10.1. The molecule has 2 N–H and O–H groups in total. The van der Waals surface area contributed by atoms with Crippen molar-refractivity contribution in [3.63, 3.8) is 0 Å². The van der Waals surface area contributed by atoms with E-state index in [1.54, 1.807) is 0 Å². The van der Waals surface area contributed by atoms with Crippen molar-refractivity contribution >= 4 is 22.2 Å². The molecule has 0 aliphatic heterocycles. The SMILES string of the molecule is CNCCCNC(=O)c1ccc([N+](=O)[O-])s1. The molecular formula is C9H13N3O3S. The zero-order valence-electron chi connectivity index (χ0n) is 8.86. The Kier molecular flexibility index (Phi) is 4.87. The van der Waals surface area contributed by atoms with Crippen LogP contribution in [0.1, 0.15) is 16.1 Å². The minimum Gasteiger partial charge on any atom is -0.351 e. The summed E-state index contributed by atoms with van der Waals surface area (Å²) in [7, 11) is 1.84. The summed E-state index contributed by atoms with van der Waals surface area (Å²) in [5, 5.41) is 16.1. The van der Waals surface area contributed by atoms with E-state index >= 15 is 0 Å². The third kappa shape index (κ3) is 3.59. The number of thiophene rings is 1. The molecule has 1 aromatic rings. The van der Waals surface area contributed by atoms with Gasteiger partial charge < -0.3 is 10.6 Å². The van der Waals surface area contributed by atoms with Gasteiger partial charge in [-0.25, -0.2) is 0 Å². The highest BCUT2D eigenvalue weighted by Gasteiger charge is 2.14. The number of nitrogens with zero attached hydrogens (tertiary/aromatic N) is 1. The smallest absolute Gasteiger partial charge is 0.324 e. The number of nitrogens with one attached hydrogen (secondary N) is 2. The van der Waals surface area contributed by atoms with E-state index in [9.17, 15) is 14.9 Å². The molecule has 1 heterocycles. The molecule has 1 aromatic heterocycles. The van der Waals surface area contributed by atoms with Gasteiger partial charge in [-0.1, -0.05) is 11.3 Å². The highest BCUT2D eigenvalue weighted by atomic mass is 32.1. The van der Waals surface area contributed by atoms with Crippen molar-refractivity contribution in [2.45, 2.75) is 6.42 Å². The second-order valence-corrected chi connectivity index (χ2v) is 4.17. The summed E-state index contributed by atoms with van der Waals surface area (Å²) in [5.74, 6) is -0.255. The van der Waals surface area contributed by atoms with Crippen LogP contribution in [0.2, 0.25) is 0 Å². The summed E-state index contributed by atoms with van der Waals surface area (Å²) in [6.45, 7) is 1.39. The van der Waals surface area contributed by atoms with Gasteiger partial charge in [0.25, 0.3) is 5.91 Å². The number of carbonyl (C=O) groups is 1. The second kappa shape index (κ2) is 6.19. The monoisotopic (exact) mass is 243 g/mol. The number of carbonyl (C=O) groups excluding carboxylic acids is 1. The van der Waals surface area contributed by atoms with Crippen LogP contribution in [0.5, 0.6) is 0 Å². The summed E-state index contributed by atoms with van der Waals surface area (Å²) in [6, 6.07) is 2.81. The van der Waals surface area contributed by atoms with Gasteiger partial charge in [-0.15, -0.1) is 0 Å². The number of rotatable bonds is 6. The van der Waals surface area contributed by atoms with Gasteiger partial charge in [0.15, 0.2) is 0 Å². The van der Waals surface area contributed by atoms with Gasteiger partial charge in [0.1, 0.15) is 0 Å². The van der Waals surface area contributed by atoms with Gasteiger partial charge in [0.05, 0.1) is 9.80 Å². The third-order valence-corrected chi connectivity index (χ3v) is 2.92. The zero-order valence-corrected chi connectivity index (χ0v) is 9.67. The molecule has 0 atom stereocenters. The van der Waals surface area contributed by atoms with Crippen LogP contribution < -0.4 is 10.6 Å². The Morgan fingerprint density at radius 2 is 2.25 bits per heavy atom. The van der Waals surface area contributed by atoms with Crippen molar-refractivity contribution in [1.82, 2.24) is 10.6 Å². The fourth-order valence-electron chi connectivity index (χ4n) is 1.10. The van der Waals surface area contributed by atoms with Crippen LogP contribution in [0, 0.1) is 10.1 Å². The third-order valence-electron chi connectivity index (χ3n) is 1.88. The Balaban J connectivity index is 2.43. The standard InChI is InChI=1S/C9H13N3O3S/c1-10-5-2-6-11-9(13)7-3-4-8(16-7)12(14)15/h3-4,10H,2,5-6H2,1H3,(H,11,13). The van der Waals surface area contributed by atoms with E-state index in [1.807, 2.05) is 7.05 Å². The quantitative estimate of drug-likeness (QED) is 0.443. The zero-order chi connectivity index (χ0) is 12.0. The Labute approximate surface area is 96.8 Å². The summed E-state index contributed by atoms with van der Waals surface area (Å²) >= 11 is 0.886. The lowest BCUT2D eigenvalue weighted by atomic mass is 10.4. The Bertz CT molecular complexity index is 378. The van der Waals surface area contributed by atoms with Gasteiger partial charge in [-0.3, -0.25) is 14.9 Å². The fraction of sp³-hybridized carbons (Fsp3) is 0.444. The number of amides is 1. The van der Waals surface area contributed by atoms with Gasteiger partial charge >= 0.3 is 5.00 Å². The first kappa shape index (κ1) is 12.6. The van der Waals surface area contributed by atoms with E-state index in [0.717, 1.165) is 24.3 Å². The van der Waals surface area contributed by atoms with Gasteiger partial charge in [-0.2, -0.15) is 0 Å². The average Bonchev–Trinajstić information content (AvgIpc) is 2.73. The number of nitro groups is 1. The molecular weight excluding hydrogens is 230 g/mol. The van der Waals surface area contributed by atoms with E-state index < -0.39 is 4.92 Å². The molecule has 0 bridgehead atoms. The molecule has 0 aromatic carbocycles. The molecule has 0 aliphatic rings. The first-order chi connectivity index (χ1) is 7.65. The Morgan fingerprint density at radius 3 is 2.81 bits per heavy atom. The largest absolute Gasteiger partial charge is 0.351 e. The maximum Gasteiger partial charge on any atom is 0.324 e. The fourth-order valence-corrected chi connectivity index (χ4v) is 1.84. The Morgan fingerprint density at radius 1 is 1.50 bits per heavy atom. The van der Waals surface area contributed by atoms with Crippen LogP contribution in [0.25, 0.3) is 0 Å². The topological polar surface area (TPSA) is 84.3 Å². The molecule has 0 unspecified atom stereocenters. The molecule has 0 fully saturated rings. The molecule has 16 heavy (non-hydrogen) atoms. The maximum atomic E-state index is 11.5. The molecule has 0 saturated carbocycles. The van der Waals surface area contributed by atoms with Crippen molar-refractivity contribution in [3.05, 3.63) is 27.1 Å². The molecule has 0 spiro atoms. The minimum atomic E-state index is -0.498. The van der Waals surface area contributed by atoms with Gasteiger partial charge in [0.2, 0.25) is 0 Å². The van der Waals surface area contributed by atoms with Crippen molar-refractivity contribution in [3.8, 4) is 0 Å². The highest BCUT2D eigenvalue weighted by Crippen LogP contribution is 2.23. The molecule has 1 amide bonds. The first-order valence-corrected chi connectivity index (χ1v) is 5.64. The van der Waals surface area contributed by atoms with Crippen LogP contribution in [-0.2, 0) is 0 Å². The van der Waals surface area contributed by atoms with Crippen molar-refractivity contribution in [1.29, 1.82) is 0 Å². The highest BCUT2D eigenvalue weighted by molar-refractivity contribution is 7.17. The second-order valence-electron chi connectivity index (χ2n) is 3.11. The van der Waals surface area contributed by atoms with E-state index in [1.165, 1.54) is 12.1 Å². The van der Waals surface area contributed by atoms with E-state index in [2.05, 4.69) is 10.6 Å². The lowest BCUT2D eigenvalue weighted by Gasteiger charge is -2.02. The molecule has 6 nitrogen and oxygen atoms in total. The lowest BCUT2D eigenvalue weighted by molar-refractivity contribution is -0.380. The molecule has 0 aliphatic carbocycles. The first-order valence-electron chi connectivity index (χ1n) is 4.82. The molecule has 0 radical (unpaired) electrons. The summed E-state index contributed by atoms with van der Waals surface area (Å²) in [4.78, 5) is 21.8. The number of hydrogen-bond donors (Lipinski definition) is 2. The van der Waals surface area contributed by atoms with Crippen LogP contribution in [0.3, 0.4) is 0 Å². The lowest BCUT2D eigenvalue weighted by Crippen LogP contribution is -2.25. The molecule has 0 saturated heterocycles. The summed E-state index contributed by atoms with van der Waals surface area (Å²) in [5.41, 5.74) is 0. The van der Waals surface area contributed by atoms with Crippen molar-refractivity contribution in [2.75, 3.05) is 20.1 Å². The van der Waals surface area contributed by atoms with Crippen LogP contribution in [0.4, 0.5) is 5.00 Å². The molecule has 1 rings (SSSR count). The van der Waals surface area contributed by atoms with Gasteiger partial charge in [0, 0.05) is 12.6 Å². The molecule has 7 heteroatoms. The predicted molar refractivity (Wildman–Crippen MR) is 61.9 cm³/mol.